The molecule has 0 aliphatic carbocycles. The minimum atomic E-state index is -0.771. The summed E-state index contributed by atoms with van der Waals surface area (Å²) in [4.78, 5) is 1.97. The summed E-state index contributed by atoms with van der Waals surface area (Å²) in [5, 5.41) is 2.94. The maximum absolute atomic E-state index is 13.4. The molecule has 5 heteroatoms. The highest BCUT2D eigenvalue weighted by atomic mass is 19.1. The fraction of sp³-hybridized carbons (Fsp3) is 0.200. The number of aryl methyl sites for hydroxylation is 1. The Morgan fingerprint density at radius 2 is 1.80 bits per heavy atom. The Hall–Kier alpha value is -2.30. The van der Waals surface area contributed by atoms with Gasteiger partial charge in [-0.15, -0.1) is 0 Å². The predicted molar refractivity (Wildman–Crippen MR) is 79.6 cm³/mol. The SMILES string of the molecule is Cc1ccc(Nc2cc(F)cc(F)c2N)cc1N(C)C. The van der Waals surface area contributed by atoms with Gasteiger partial charge in [-0.2, -0.15) is 0 Å². The van der Waals surface area contributed by atoms with Crippen molar-refractivity contribution in [3.63, 3.8) is 0 Å². The highest BCUT2D eigenvalue weighted by molar-refractivity contribution is 5.75. The van der Waals surface area contributed by atoms with Crippen LogP contribution < -0.4 is 16.0 Å². The number of rotatable bonds is 3. The summed E-state index contributed by atoms with van der Waals surface area (Å²) in [6, 6.07) is 7.61. The van der Waals surface area contributed by atoms with Crippen molar-refractivity contribution >= 4 is 22.7 Å². The Bertz CT molecular complexity index is 639. The molecular weight excluding hydrogens is 260 g/mol. The summed E-state index contributed by atoms with van der Waals surface area (Å²) in [6.45, 7) is 2.00. The number of halogens is 2. The number of hydrogen-bond donors (Lipinski definition) is 2. The average molecular weight is 277 g/mol. The summed E-state index contributed by atoms with van der Waals surface area (Å²) >= 11 is 0. The molecule has 3 N–H and O–H groups in total. The standard InChI is InChI=1S/C15H17F2N3/c1-9-4-5-11(8-14(9)20(2)3)19-13-7-10(16)6-12(17)15(13)18/h4-8,19H,18H2,1-3H3. The van der Waals surface area contributed by atoms with E-state index in [4.69, 9.17) is 5.73 Å². The number of benzene rings is 2. The third-order valence-electron chi connectivity index (χ3n) is 3.06. The van der Waals surface area contributed by atoms with Crippen LogP contribution in [-0.2, 0) is 0 Å². The number of nitrogens with zero attached hydrogens (tertiary/aromatic N) is 1. The van der Waals surface area contributed by atoms with Crippen LogP contribution in [0.4, 0.5) is 31.5 Å². The van der Waals surface area contributed by atoms with Gasteiger partial charge in [-0.25, -0.2) is 8.78 Å². The molecule has 0 amide bonds. The quantitative estimate of drug-likeness (QED) is 0.841. The zero-order valence-electron chi connectivity index (χ0n) is 11.7. The molecule has 2 aromatic carbocycles. The summed E-state index contributed by atoms with van der Waals surface area (Å²) in [5.74, 6) is -1.44. The van der Waals surface area contributed by atoms with E-state index in [-0.39, 0.29) is 11.4 Å². The van der Waals surface area contributed by atoms with E-state index in [1.165, 1.54) is 6.07 Å². The van der Waals surface area contributed by atoms with Crippen LogP contribution in [0.1, 0.15) is 5.56 Å². The van der Waals surface area contributed by atoms with E-state index in [0.29, 0.717) is 0 Å². The van der Waals surface area contributed by atoms with Gasteiger partial charge in [-0.05, 0) is 30.7 Å². The zero-order valence-corrected chi connectivity index (χ0v) is 11.7. The first kappa shape index (κ1) is 14.1. The van der Waals surface area contributed by atoms with Crippen molar-refractivity contribution < 1.29 is 8.78 Å². The van der Waals surface area contributed by atoms with Gasteiger partial charge in [0.1, 0.15) is 5.82 Å². The lowest BCUT2D eigenvalue weighted by molar-refractivity contribution is 0.587. The van der Waals surface area contributed by atoms with Gasteiger partial charge in [-0.1, -0.05) is 6.07 Å². The molecule has 0 saturated carbocycles. The monoisotopic (exact) mass is 277 g/mol. The van der Waals surface area contributed by atoms with Gasteiger partial charge in [0.05, 0.1) is 11.4 Å². The van der Waals surface area contributed by atoms with Crippen LogP contribution in [0, 0.1) is 18.6 Å². The lowest BCUT2D eigenvalue weighted by Crippen LogP contribution is -2.10. The molecule has 0 saturated heterocycles. The van der Waals surface area contributed by atoms with Crippen molar-refractivity contribution in [2.45, 2.75) is 6.92 Å². The van der Waals surface area contributed by atoms with Gasteiger partial charge in [0.2, 0.25) is 0 Å². The minimum Gasteiger partial charge on any atom is -0.395 e. The van der Waals surface area contributed by atoms with Crippen molar-refractivity contribution in [1.29, 1.82) is 0 Å². The van der Waals surface area contributed by atoms with Gasteiger partial charge in [-0.3, -0.25) is 0 Å². The third-order valence-corrected chi connectivity index (χ3v) is 3.06. The van der Waals surface area contributed by atoms with Gasteiger partial charge in [0.25, 0.3) is 0 Å². The van der Waals surface area contributed by atoms with Crippen LogP contribution in [0.3, 0.4) is 0 Å². The maximum atomic E-state index is 13.4. The van der Waals surface area contributed by atoms with E-state index >= 15 is 0 Å². The van der Waals surface area contributed by atoms with Crippen molar-refractivity contribution in [1.82, 2.24) is 0 Å². The number of nitrogens with one attached hydrogen (secondary N) is 1. The largest absolute Gasteiger partial charge is 0.395 e. The van der Waals surface area contributed by atoms with Crippen LogP contribution >= 0.6 is 0 Å². The molecule has 3 nitrogen and oxygen atoms in total. The number of nitrogens with two attached hydrogens (primary N) is 1. The van der Waals surface area contributed by atoms with Crippen LogP contribution in [0.25, 0.3) is 0 Å². The Morgan fingerprint density at radius 1 is 1.10 bits per heavy atom. The van der Waals surface area contributed by atoms with Crippen LogP contribution in [0.5, 0.6) is 0 Å². The minimum absolute atomic E-state index is 0.0987. The number of anilines is 4. The molecule has 20 heavy (non-hydrogen) atoms. The zero-order chi connectivity index (χ0) is 14.9. The first-order chi connectivity index (χ1) is 9.38. The molecule has 0 aliphatic heterocycles. The molecule has 0 bridgehead atoms. The van der Waals surface area contributed by atoms with E-state index in [1.807, 2.05) is 44.1 Å². The van der Waals surface area contributed by atoms with Crippen molar-refractivity contribution in [3.05, 3.63) is 47.5 Å². The summed E-state index contributed by atoms with van der Waals surface area (Å²) in [6.07, 6.45) is 0. The lowest BCUT2D eigenvalue weighted by Gasteiger charge is -2.18. The van der Waals surface area contributed by atoms with Crippen molar-refractivity contribution in [3.8, 4) is 0 Å². The highest BCUT2D eigenvalue weighted by Gasteiger charge is 2.09. The van der Waals surface area contributed by atoms with E-state index in [1.54, 1.807) is 0 Å². The second-order valence-electron chi connectivity index (χ2n) is 4.87. The van der Waals surface area contributed by atoms with Gasteiger partial charge < -0.3 is 16.0 Å². The fourth-order valence-corrected chi connectivity index (χ4v) is 2.01. The summed E-state index contributed by atoms with van der Waals surface area (Å²) in [7, 11) is 3.87. The second kappa shape index (κ2) is 5.36. The molecule has 0 aliphatic rings. The predicted octanol–water partition coefficient (Wildman–Crippen LogP) is 3.67. The van der Waals surface area contributed by atoms with E-state index in [0.717, 1.165) is 23.0 Å². The van der Waals surface area contributed by atoms with E-state index < -0.39 is 11.6 Å². The van der Waals surface area contributed by atoms with Gasteiger partial charge in [0.15, 0.2) is 5.82 Å². The molecule has 0 fully saturated rings. The maximum Gasteiger partial charge on any atom is 0.151 e. The number of hydrogen-bond acceptors (Lipinski definition) is 3. The topological polar surface area (TPSA) is 41.3 Å². The molecule has 0 atom stereocenters. The molecule has 0 heterocycles. The third kappa shape index (κ3) is 2.82. The van der Waals surface area contributed by atoms with Crippen LogP contribution in [-0.4, -0.2) is 14.1 Å². The first-order valence-corrected chi connectivity index (χ1v) is 6.18. The molecule has 106 valence electrons. The smallest absolute Gasteiger partial charge is 0.151 e. The van der Waals surface area contributed by atoms with E-state index in [2.05, 4.69) is 5.32 Å². The normalized spacial score (nSPS) is 10.4. The Balaban J connectivity index is 2.38. The average Bonchev–Trinajstić information content (AvgIpc) is 2.37. The molecule has 0 aromatic heterocycles. The lowest BCUT2D eigenvalue weighted by atomic mass is 10.1. The first-order valence-electron chi connectivity index (χ1n) is 6.18. The summed E-state index contributed by atoms with van der Waals surface area (Å²) in [5.41, 5.74) is 8.58. The van der Waals surface area contributed by atoms with Crippen molar-refractivity contribution in [2.75, 3.05) is 30.0 Å². The Labute approximate surface area is 117 Å². The summed E-state index contributed by atoms with van der Waals surface area (Å²) < 4.78 is 26.6. The number of nitrogen functional groups attached to an aromatic ring is 1. The Morgan fingerprint density at radius 3 is 2.45 bits per heavy atom. The van der Waals surface area contributed by atoms with Crippen molar-refractivity contribution in [2.24, 2.45) is 0 Å². The molecule has 0 spiro atoms. The van der Waals surface area contributed by atoms with Gasteiger partial charge in [0, 0.05) is 31.5 Å². The highest BCUT2D eigenvalue weighted by Crippen LogP contribution is 2.29. The van der Waals surface area contributed by atoms with Crippen LogP contribution in [0.2, 0.25) is 0 Å². The van der Waals surface area contributed by atoms with Crippen LogP contribution in [0.15, 0.2) is 30.3 Å². The molecule has 0 unspecified atom stereocenters. The molecular formula is C15H17F2N3. The van der Waals surface area contributed by atoms with Gasteiger partial charge >= 0.3 is 0 Å². The Kier molecular flexibility index (Phi) is 3.79. The fourth-order valence-electron chi connectivity index (χ4n) is 2.01. The molecule has 0 radical (unpaired) electrons. The molecule has 2 rings (SSSR count). The van der Waals surface area contributed by atoms with E-state index in [9.17, 15) is 8.78 Å². The second-order valence-corrected chi connectivity index (χ2v) is 4.87. The molecule has 2 aromatic rings.